The maximum atomic E-state index is 12.4. The van der Waals surface area contributed by atoms with Gasteiger partial charge in [0.15, 0.2) is 5.82 Å². The second-order valence-electron chi connectivity index (χ2n) is 6.46. The largest absolute Gasteiger partial charge is 0.309 e. The lowest BCUT2D eigenvalue weighted by molar-refractivity contribution is -0.115. The summed E-state index contributed by atoms with van der Waals surface area (Å²) in [6.45, 7) is 1.89. The summed E-state index contributed by atoms with van der Waals surface area (Å²) < 4.78 is 0.998. The number of nitrogens with zero attached hydrogens (tertiary/aromatic N) is 2. The van der Waals surface area contributed by atoms with Gasteiger partial charge in [0.25, 0.3) is 0 Å². The summed E-state index contributed by atoms with van der Waals surface area (Å²) >= 11 is 3.40. The van der Waals surface area contributed by atoms with Crippen molar-refractivity contribution in [2.75, 3.05) is 5.32 Å². The predicted molar refractivity (Wildman–Crippen MR) is 106 cm³/mol. The molecule has 1 heterocycles. The number of hydrogen-bond donors (Lipinski definition) is 1. The fourth-order valence-corrected chi connectivity index (χ4v) is 3.51. The van der Waals surface area contributed by atoms with Gasteiger partial charge < -0.3 is 5.32 Å². The Labute approximate surface area is 160 Å². The van der Waals surface area contributed by atoms with Gasteiger partial charge in [0.05, 0.1) is 23.5 Å². The maximum absolute atomic E-state index is 12.4. The number of aromatic nitrogens is 2. The van der Waals surface area contributed by atoms with Crippen molar-refractivity contribution in [3.05, 3.63) is 75.5 Å². The first-order chi connectivity index (χ1) is 12.6. The summed E-state index contributed by atoms with van der Waals surface area (Å²) in [7, 11) is 0. The molecule has 0 radical (unpaired) electrons. The van der Waals surface area contributed by atoms with Gasteiger partial charge in [-0.3, -0.25) is 4.79 Å². The van der Waals surface area contributed by atoms with Crippen LogP contribution in [0.1, 0.15) is 22.5 Å². The van der Waals surface area contributed by atoms with Crippen molar-refractivity contribution in [2.45, 2.75) is 26.2 Å². The third-order valence-electron chi connectivity index (χ3n) is 4.58. The number of hydrogen-bond acceptors (Lipinski definition) is 3. The number of fused-ring (bicyclic) bond motifs is 3. The molecular formula is C21H18BrN3O. The van der Waals surface area contributed by atoms with E-state index in [1.165, 1.54) is 5.56 Å². The van der Waals surface area contributed by atoms with E-state index in [1.54, 1.807) is 0 Å². The lowest BCUT2D eigenvalue weighted by atomic mass is 9.92. The van der Waals surface area contributed by atoms with E-state index in [9.17, 15) is 4.79 Å². The quantitative estimate of drug-likeness (QED) is 0.695. The molecule has 1 amide bonds. The average Bonchev–Trinajstić information content (AvgIpc) is 2.64. The van der Waals surface area contributed by atoms with E-state index in [2.05, 4.69) is 39.4 Å². The third kappa shape index (κ3) is 3.40. The predicted octanol–water partition coefficient (Wildman–Crippen LogP) is 4.49. The van der Waals surface area contributed by atoms with Crippen LogP contribution in [0.2, 0.25) is 0 Å². The molecule has 130 valence electrons. The van der Waals surface area contributed by atoms with Crippen LogP contribution in [0.25, 0.3) is 11.3 Å². The second-order valence-corrected chi connectivity index (χ2v) is 7.38. The Morgan fingerprint density at radius 1 is 1.08 bits per heavy atom. The average molecular weight is 408 g/mol. The Bertz CT molecular complexity index is 983. The molecule has 3 aromatic rings. The molecule has 1 aliphatic carbocycles. The molecular weight excluding hydrogens is 390 g/mol. The monoisotopic (exact) mass is 407 g/mol. The zero-order valence-electron chi connectivity index (χ0n) is 14.4. The highest BCUT2D eigenvalue weighted by atomic mass is 79.9. The van der Waals surface area contributed by atoms with E-state index in [4.69, 9.17) is 9.97 Å². The van der Waals surface area contributed by atoms with Gasteiger partial charge in [-0.25, -0.2) is 9.97 Å². The first-order valence-corrected chi connectivity index (χ1v) is 9.39. The summed E-state index contributed by atoms with van der Waals surface area (Å²) in [5, 5.41) is 2.92. The minimum Gasteiger partial charge on any atom is -0.309 e. The Balaban J connectivity index is 1.57. The van der Waals surface area contributed by atoms with Crippen molar-refractivity contribution in [2.24, 2.45) is 0 Å². The lowest BCUT2D eigenvalue weighted by Gasteiger charge is -2.20. The zero-order valence-corrected chi connectivity index (χ0v) is 16.0. The molecule has 1 aliphatic rings. The van der Waals surface area contributed by atoms with Crippen LogP contribution in [0.4, 0.5) is 5.82 Å². The smallest absolute Gasteiger partial charge is 0.229 e. The normalized spacial score (nSPS) is 12.2. The molecule has 0 fully saturated rings. The molecule has 0 spiro atoms. The molecule has 0 bridgehead atoms. The van der Waals surface area contributed by atoms with Gasteiger partial charge in [-0.05, 0) is 43.0 Å². The van der Waals surface area contributed by atoms with Crippen LogP contribution in [0.5, 0.6) is 0 Å². The number of rotatable bonds is 3. The Morgan fingerprint density at radius 2 is 1.85 bits per heavy atom. The van der Waals surface area contributed by atoms with Crippen molar-refractivity contribution in [1.29, 1.82) is 0 Å². The van der Waals surface area contributed by atoms with Crippen LogP contribution in [0.3, 0.4) is 0 Å². The molecule has 2 aromatic carbocycles. The van der Waals surface area contributed by atoms with Crippen molar-refractivity contribution >= 4 is 27.7 Å². The molecule has 4 rings (SSSR count). The van der Waals surface area contributed by atoms with Crippen LogP contribution in [-0.2, 0) is 24.1 Å². The molecule has 0 atom stereocenters. The van der Waals surface area contributed by atoms with Crippen molar-refractivity contribution in [3.63, 3.8) is 0 Å². The first kappa shape index (κ1) is 16.9. The minimum atomic E-state index is -0.0825. The zero-order chi connectivity index (χ0) is 18.1. The molecule has 26 heavy (non-hydrogen) atoms. The van der Waals surface area contributed by atoms with Crippen molar-refractivity contribution in [1.82, 2.24) is 9.97 Å². The Kier molecular flexibility index (Phi) is 4.55. The van der Waals surface area contributed by atoms with Crippen LogP contribution in [-0.4, -0.2) is 15.9 Å². The number of halogens is 1. The van der Waals surface area contributed by atoms with Crippen molar-refractivity contribution < 1.29 is 4.79 Å². The number of nitrogens with one attached hydrogen (secondary N) is 1. The van der Waals surface area contributed by atoms with Gasteiger partial charge in [0.2, 0.25) is 5.91 Å². The van der Waals surface area contributed by atoms with Crippen LogP contribution in [0, 0.1) is 6.92 Å². The summed E-state index contributed by atoms with van der Waals surface area (Å²) in [5.74, 6) is 0.478. The van der Waals surface area contributed by atoms with E-state index in [0.29, 0.717) is 12.2 Å². The number of benzene rings is 2. The fraction of sp³-hybridized carbons (Fsp3) is 0.190. The fourth-order valence-electron chi connectivity index (χ4n) is 3.25. The summed E-state index contributed by atoms with van der Waals surface area (Å²) in [4.78, 5) is 21.8. The third-order valence-corrected chi connectivity index (χ3v) is 5.11. The van der Waals surface area contributed by atoms with Gasteiger partial charge >= 0.3 is 0 Å². The minimum absolute atomic E-state index is 0.0825. The van der Waals surface area contributed by atoms with Crippen LogP contribution in [0.15, 0.2) is 53.0 Å². The Morgan fingerprint density at radius 3 is 2.65 bits per heavy atom. The highest BCUT2D eigenvalue weighted by molar-refractivity contribution is 9.10. The molecule has 5 heteroatoms. The number of carbonyl (C=O) groups is 1. The van der Waals surface area contributed by atoms with E-state index >= 15 is 0 Å². The highest BCUT2D eigenvalue weighted by Gasteiger charge is 2.20. The maximum Gasteiger partial charge on any atom is 0.229 e. The van der Waals surface area contributed by atoms with Gasteiger partial charge in [-0.15, -0.1) is 0 Å². The van der Waals surface area contributed by atoms with Gasteiger partial charge in [0, 0.05) is 10.0 Å². The van der Waals surface area contributed by atoms with E-state index in [0.717, 1.165) is 45.5 Å². The van der Waals surface area contributed by atoms with Crippen LogP contribution < -0.4 is 5.32 Å². The van der Waals surface area contributed by atoms with Gasteiger partial charge in [-0.2, -0.15) is 0 Å². The first-order valence-electron chi connectivity index (χ1n) is 8.60. The Hall–Kier alpha value is -2.53. The molecule has 1 N–H and O–H groups in total. The summed E-state index contributed by atoms with van der Waals surface area (Å²) in [5.41, 5.74) is 6.05. The summed E-state index contributed by atoms with van der Waals surface area (Å²) in [6.07, 6.45) is 2.11. The standard InChI is InChI=1S/C21H18BrN3O/c1-13-21(25-19(26)12-14-6-9-16(22)10-7-14)24-18-11-8-15-4-2-3-5-17(15)20(18)23-13/h2-7,9-10H,8,11-12H2,1H3,(H,24,25,26). The van der Waals surface area contributed by atoms with E-state index < -0.39 is 0 Å². The number of carbonyl (C=O) groups excluding carboxylic acids is 1. The van der Waals surface area contributed by atoms with Gasteiger partial charge in [-0.1, -0.05) is 52.3 Å². The molecule has 1 aromatic heterocycles. The van der Waals surface area contributed by atoms with Crippen molar-refractivity contribution in [3.8, 4) is 11.3 Å². The highest BCUT2D eigenvalue weighted by Crippen LogP contribution is 2.32. The number of aryl methyl sites for hydroxylation is 3. The second kappa shape index (κ2) is 7.00. The molecule has 0 saturated carbocycles. The van der Waals surface area contributed by atoms with Gasteiger partial charge in [0.1, 0.15) is 0 Å². The SMILES string of the molecule is Cc1nc2c(nc1NC(=O)Cc1ccc(Br)cc1)CCc1ccccc1-2. The topological polar surface area (TPSA) is 54.9 Å². The molecule has 0 aliphatic heterocycles. The lowest BCUT2D eigenvalue weighted by Crippen LogP contribution is -2.18. The van der Waals surface area contributed by atoms with Crippen LogP contribution >= 0.6 is 15.9 Å². The van der Waals surface area contributed by atoms with E-state index in [1.807, 2.05) is 37.3 Å². The summed E-state index contributed by atoms with van der Waals surface area (Å²) in [6, 6.07) is 16.1. The molecule has 0 saturated heterocycles. The van der Waals surface area contributed by atoms with E-state index in [-0.39, 0.29) is 5.91 Å². The number of amides is 1. The molecule has 4 nitrogen and oxygen atoms in total. The molecule has 0 unspecified atom stereocenters. The number of anilines is 1.